The van der Waals surface area contributed by atoms with E-state index in [1.54, 1.807) is 6.07 Å². The number of fused-ring (bicyclic) bond motifs is 1. The van der Waals surface area contributed by atoms with Gasteiger partial charge in [-0.05, 0) is 18.2 Å². The number of alkyl halides is 3. The van der Waals surface area contributed by atoms with Gasteiger partial charge in [0.05, 0.1) is 5.56 Å². The van der Waals surface area contributed by atoms with E-state index < -0.39 is 11.7 Å². The molecule has 5 heteroatoms. The first-order valence-electron chi connectivity index (χ1n) is 6.13. The molecule has 2 aromatic carbocycles. The number of benzene rings is 2. The molecule has 20 heavy (non-hydrogen) atoms. The van der Waals surface area contributed by atoms with Gasteiger partial charge in [0.1, 0.15) is 17.8 Å². The van der Waals surface area contributed by atoms with Gasteiger partial charge in [-0.3, -0.25) is 5.73 Å². The average Bonchev–Trinajstić information content (AvgIpc) is 2.76. The van der Waals surface area contributed by atoms with Crippen LogP contribution >= 0.6 is 0 Å². The second kappa shape index (κ2) is 4.37. The average molecular weight is 277 g/mol. The van der Waals surface area contributed by atoms with E-state index in [1.165, 1.54) is 16.7 Å². The predicted molar refractivity (Wildman–Crippen MR) is 69.8 cm³/mol. The standard InChI is InChI=1S/C15H11F3N2/c16-15(17,18)12-7-3-4-8-13(12)20-9-10-5-1-2-6-11(10)14(20)19/h1-8,19H,9H2/p+1. The number of hydrogen-bond donors (Lipinski definition) is 1. The summed E-state index contributed by atoms with van der Waals surface area (Å²) in [6.45, 7) is 0.356. The predicted octanol–water partition coefficient (Wildman–Crippen LogP) is 3.27. The monoisotopic (exact) mass is 277 g/mol. The van der Waals surface area contributed by atoms with Crippen molar-refractivity contribution in [1.82, 2.24) is 0 Å². The van der Waals surface area contributed by atoms with Crippen molar-refractivity contribution in [1.29, 1.82) is 0 Å². The zero-order valence-corrected chi connectivity index (χ0v) is 10.5. The number of rotatable bonds is 1. The van der Waals surface area contributed by atoms with E-state index in [0.29, 0.717) is 12.4 Å². The van der Waals surface area contributed by atoms with Crippen LogP contribution < -0.4 is 5.73 Å². The molecule has 2 N–H and O–H groups in total. The molecule has 0 aliphatic carbocycles. The highest BCUT2D eigenvalue weighted by atomic mass is 19.4. The SMILES string of the molecule is NC1=[N+](c2ccccc2C(F)(F)F)Cc2ccccc21. The molecule has 102 valence electrons. The lowest BCUT2D eigenvalue weighted by atomic mass is 10.1. The van der Waals surface area contributed by atoms with Crippen LogP contribution in [-0.4, -0.2) is 10.4 Å². The number of nitrogens with two attached hydrogens (primary N) is 1. The molecule has 0 unspecified atom stereocenters. The van der Waals surface area contributed by atoms with Crippen LogP contribution in [0.5, 0.6) is 0 Å². The molecule has 0 radical (unpaired) electrons. The lowest BCUT2D eigenvalue weighted by Crippen LogP contribution is -2.22. The van der Waals surface area contributed by atoms with Crippen molar-refractivity contribution >= 4 is 11.5 Å². The van der Waals surface area contributed by atoms with Crippen molar-refractivity contribution in [2.75, 3.05) is 0 Å². The van der Waals surface area contributed by atoms with Crippen molar-refractivity contribution < 1.29 is 17.7 Å². The highest BCUT2D eigenvalue weighted by molar-refractivity contribution is 5.97. The molecule has 0 atom stereocenters. The van der Waals surface area contributed by atoms with Gasteiger partial charge in [-0.2, -0.15) is 13.2 Å². The zero-order chi connectivity index (χ0) is 14.3. The molecule has 0 fully saturated rings. The lowest BCUT2D eigenvalue weighted by Gasteiger charge is -2.12. The second-order valence-electron chi connectivity index (χ2n) is 4.64. The molecule has 0 saturated heterocycles. The molecule has 1 aliphatic rings. The normalized spacial score (nSPS) is 14.6. The Kier molecular flexibility index (Phi) is 2.78. The highest BCUT2D eigenvalue weighted by Gasteiger charge is 2.37. The van der Waals surface area contributed by atoms with E-state index in [1.807, 2.05) is 24.3 Å². The Balaban J connectivity index is 2.16. The molecule has 0 bridgehead atoms. The van der Waals surface area contributed by atoms with Crippen LogP contribution in [0.15, 0.2) is 48.5 Å². The first kappa shape index (κ1) is 12.7. The third-order valence-electron chi connectivity index (χ3n) is 3.41. The van der Waals surface area contributed by atoms with Gasteiger partial charge in [0, 0.05) is 5.56 Å². The summed E-state index contributed by atoms with van der Waals surface area (Å²) in [4.78, 5) is 0. The van der Waals surface area contributed by atoms with Gasteiger partial charge >= 0.3 is 6.18 Å². The lowest BCUT2D eigenvalue weighted by molar-refractivity contribution is -0.455. The largest absolute Gasteiger partial charge is 0.420 e. The molecule has 1 aliphatic heterocycles. The minimum atomic E-state index is -4.40. The van der Waals surface area contributed by atoms with Crippen molar-refractivity contribution in [2.45, 2.75) is 12.7 Å². The molecular weight excluding hydrogens is 265 g/mol. The van der Waals surface area contributed by atoms with Crippen LogP contribution in [0.4, 0.5) is 18.9 Å². The van der Waals surface area contributed by atoms with Crippen LogP contribution in [0, 0.1) is 0 Å². The summed E-state index contributed by atoms with van der Waals surface area (Å²) in [6, 6.07) is 12.9. The summed E-state index contributed by atoms with van der Waals surface area (Å²) >= 11 is 0. The smallest absolute Gasteiger partial charge is 0.286 e. The van der Waals surface area contributed by atoms with Gasteiger partial charge in [-0.1, -0.05) is 30.3 Å². The van der Waals surface area contributed by atoms with E-state index in [4.69, 9.17) is 5.73 Å². The molecular formula is C15H12F3N2+. The fourth-order valence-corrected chi connectivity index (χ4v) is 2.47. The van der Waals surface area contributed by atoms with Crippen molar-refractivity contribution in [3.05, 3.63) is 65.2 Å². The molecule has 1 heterocycles. The molecule has 0 saturated carbocycles. The summed E-state index contributed by atoms with van der Waals surface area (Å²) < 4.78 is 40.8. The number of amidine groups is 1. The van der Waals surface area contributed by atoms with Crippen molar-refractivity contribution in [3.8, 4) is 0 Å². The van der Waals surface area contributed by atoms with Crippen molar-refractivity contribution in [2.24, 2.45) is 5.73 Å². The Morgan fingerprint density at radius 3 is 2.30 bits per heavy atom. The number of halogens is 3. The summed E-state index contributed by atoms with van der Waals surface area (Å²) in [5.74, 6) is 0.359. The first-order valence-corrected chi connectivity index (χ1v) is 6.13. The van der Waals surface area contributed by atoms with E-state index in [0.717, 1.165) is 17.2 Å². The minimum absolute atomic E-state index is 0.0914. The minimum Gasteiger partial charge on any atom is -0.286 e. The fraction of sp³-hybridized carbons (Fsp3) is 0.133. The summed E-state index contributed by atoms with van der Waals surface area (Å²) in [7, 11) is 0. The van der Waals surface area contributed by atoms with Crippen LogP contribution in [0.3, 0.4) is 0 Å². The van der Waals surface area contributed by atoms with E-state index in [9.17, 15) is 13.2 Å². The molecule has 3 rings (SSSR count). The van der Waals surface area contributed by atoms with Gasteiger partial charge in [0.15, 0.2) is 0 Å². The number of para-hydroxylation sites is 1. The van der Waals surface area contributed by atoms with Gasteiger partial charge in [-0.25, -0.2) is 4.58 Å². The summed E-state index contributed by atoms with van der Waals surface area (Å²) in [5.41, 5.74) is 7.16. The maximum atomic E-state index is 13.1. The van der Waals surface area contributed by atoms with Crippen LogP contribution in [0.1, 0.15) is 16.7 Å². The van der Waals surface area contributed by atoms with Crippen molar-refractivity contribution in [3.63, 3.8) is 0 Å². The molecule has 0 spiro atoms. The second-order valence-corrected chi connectivity index (χ2v) is 4.64. The summed E-state index contributed by atoms with van der Waals surface area (Å²) in [6.07, 6.45) is -4.40. The molecule has 0 aromatic heterocycles. The third-order valence-corrected chi connectivity index (χ3v) is 3.41. The van der Waals surface area contributed by atoms with E-state index >= 15 is 0 Å². The topological polar surface area (TPSA) is 29.0 Å². The Bertz CT molecular complexity index is 702. The zero-order valence-electron chi connectivity index (χ0n) is 10.5. The van der Waals surface area contributed by atoms with Gasteiger partial charge in [0.25, 0.3) is 5.84 Å². The van der Waals surface area contributed by atoms with E-state index in [-0.39, 0.29) is 5.69 Å². The van der Waals surface area contributed by atoms with Gasteiger partial charge in [0.2, 0.25) is 0 Å². The molecule has 2 aromatic rings. The number of nitrogens with zero attached hydrogens (tertiary/aromatic N) is 1. The third kappa shape index (κ3) is 1.95. The van der Waals surface area contributed by atoms with Crippen LogP contribution in [0.2, 0.25) is 0 Å². The quantitative estimate of drug-likeness (QED) is 0.796. The fourth-order valence-electron chi connectivity index (χ4n) is 2.47. The van der Waals surface area contributed by atoms with E-state index in [2.05, 4.69) is 0 Å². The molecule has 2 nitrogen and oxygen atoms in total. The summed E-state index contributed by atoms with van der Waals surface area (Å²) in [5, 5.41) is 0. The Labute approximate surface area is 114 Å². The Morgan fingerprint density at radius 1 is 0.950 bits per heavy atom. The maximum absolute atomic E-state index is 13.1. The first-order chi connectivity index (χ1) is 9.48. The van der Waals surface area contributed by atoms with Crippen LogP contribution in [0.25, 0.3) is 0 Å². The van der Waals surface area contributed by atoms with Crippen LogP contribution in [-0.2, 0) is 12.7 Å². The Hall–Kier alpha value is -2.30. The Morgan fingerprint density at radius 2 is 1.60 bits per heavy atom. The highest BCUT2D eigenvalue weighted by Crippen LogP contribution is 2.37. The van der Waals surface area contributed by atoms with Gasteiger partial charge in [-0.15, -0.1) is 0 Å². The van der Waals surface area contributed by atoms with Gasteiger partial charge < -0.3 is 0 Å². The maximum Gasteiger partial charge on any atom is 0.420 e. The number of hydrogen-bond acceptors (Lipinski definition) is 1. The molecule has 0 amide bonds.